The summed E-state index contributed by atoms with van der Waals surface area (Å²) in [5.74, 6) is -0.0337. The maximum Gasteiger partial charge on any atom is 0.339 e. The van der Waals surface area contributed by atoms with Crippen molar-refractivity contribution >= 4 is 5.97 Å². The van der Waals surface area contributed by atoms with Crippen LogP contribution in [0.15, 0.2) is 12.1 Å². The summed E-state index contributed by atoms with van der Waals surface area (Å²) >= 11 is 0. The molecule has 1 aromatic carbocycles. The largest absolute Gasteiger partial charge is 0.497 e. The molecule has 1 aromatic rings. The van der Waals surface area contributed by atoms with Gasteiger partial charge in [0.05, 0.1) is 14.2 Å². The van der Waals surface area contributed by atoms with Crippen LogP contribution in [0.1, 0.15) is 15.9 Å². The van der Waals surface area contributed by atoms with Crippen LogP contribution in [0.4, 0.5) is 0 Å². The summed E-state index contributed by atoms with van der Waals surface area (Å²) in [4.78, 5) is 13.7. The van der Waals surface area contributed by atoms with Gasteiger partial charge in [-0.15, -0.1) is 0 Å². The monoisotopic (exact) mass is 280 g/mol. The van der Waals surface area contributed by atoms with Crippen LogP contribution in [0.5, 0.6) is 11.5 Å². The van der Waals surface area contributed by atoms with Gasteiger partial charge in [0.1, 0.15) is 17.1 Å². The molecule has 2 rings (SSSR count). The van der Waals surface area contributed by atoms with Crippen molar-refractivity contribution in [1.82, 2.24) is 10.2 Å². The van der Waals surface area contributed by atoms with Crippen LogP contribution < -0.4 is 14.8 Å². The second kappa shape index (κ2) is 6.58. The molecule has 20 heavy (non-hydrogen) atoms. The minimum atomic E-state index is -0.977. The summed E-state index contributed by atoms with van der Waals surface area (Å²) in [7, 11) is 3.03. The van der Waals surface area contributed by atoms with E-state index >= 15 is 0 Å². The molecule has 0 radical (unpaired) electrons. The Labute approximate surface area is 118 Å². The molecule has 6 heteroatoms. The predicted molar refractivity (Wildman–Crippen MR) is 74.7 cm³/mol. The molecular formula is C14H20N2O4. The van der Waals surface area contributed by atoms with E-state index in [1.165, 1.54) is 7.11 Å². The molecule has 1 aliphatic heterocycles. The van der Waals surface area contributed by atoms with Gasteiger partial charge >= 0.3 is 5.97 Å². The molecule has 0 bridgehead atoms. The molecule has 1 heterocycles. The zero-order valence-electron chi connectivity index (χ0n) is 11.8. The number of nitrogens with one attached hydrogen (secondary N) is 1. The summed E-state index contributed by atoms with van der Waals surface area (Å²) in [6, 6.07) is 3.37. The summed E-state index contributed by atoms with van der Waals surface area (Å²) in [6.07, 6.45) is 0. The predicted octanol–water partition coefficient (Wildman–Crippen LogP) is 0.807. The molecule has 1 fully saturated rings. The van der Waals surface area contributed by atoms with E-state index in [2.05, 4.69) is 10.2 Å². The Morgan fingerprint density at radius 3 is 2.55 bits per heavy atom. The highest BCUT2D eigenvalue weighted by atomic mass is 16.5. The van der Waals surface area contributed by atoms with Gasteiger partial charge in [-0.05, 0) is 11.6 Å². The van der Waals surface area contributed by atoms with Gasteiger partial charge in [0.25, 0.3) is 0 Å². The first-order valence-electron chi connectivity index (χ1n) is 6.57. The van der Waals surface area contributed by atoms with Gasteiger partial charge in [0, 0.05) is 38.8 Å². The molecule has 0 aromatic heterocycles. The summed E-state index contributed by atoms with van der Waals surface area (Å²) in [5, 5.41) is 12.7. The van der Waals surface area contributed by atoms with E-state index < -0.39 is 5.97 Å². The second-order valence-electron chi connectivity index (χ2n) is 4.70. The maximum atomic E-state index is 11.5. The number of carboxylic acids is 1. The standard InChI is InChI=1S/C14H20N2O4/c1-19-11-7-10(9-16-5-3-15-4-6-16)13(14(17)18)12(8-11)20-2/h7-8,15H,3-6,9H2,1-2H3,(H,17,18). The fourth-order valence-electron chi connectivity index (χ4n) is 2.40. The van der Waals surface area contributed by atoms with Gasteiger partial charge in [-0.1, -0.05) is 0 Å². The Morgan fingerprint density at radius 1 is 1.30 bits per heavy atom. The van der Waals surface area contributed by atoms with Crippen molar-refractivity contribution in [2.45, 2.75) is 6.54 Å². The van der Waals surface area contributed by atoms with E-state index in [1.54, 1.807) is 19.2 Å². The second-order valence-corrected chi connectivity index (χ2v) is 4.70. The molecule has 2 N–H and O–H groups in total. The third-order valence-electron chi connectivity index (χ3n) is 3.43. The number of carbonyl (C=O) groups is 1. The van der Waals surface area contributed by atoms with Gasteiger partial charge in [0.15, 0.2) is 0 Å². The third-order valence-corrected chi connectivity index (χ3v) is 3.43. The Kier molecular flexibility index (Phi) is 4.81. The average Bonchev–Trinajstić information content (AvgIpc) is 2.47. The van der Waals surface area contributed by atoms with Gasteiger partial charge in [-0.2, -0.15) is 0 Å². The number of nitrogens with zero attached hydrogens (tertiary/aromatic N) is 1. The number of piperazine rings is 1. The van der Waals surface area contributed by atoms with Gasteiger partial charge < -0.3 is 19.9 Å². The topological polar surface area (TPSA) is 71.0 Å². The fraction of sp³-hybridized carbons (Fsp3) is 0.500. The third kappa shape index (κ3) is 3.20. The highest BCUT2D eigenvalue weighted by Crippen LogP contribution is 2.29. The fourth-order valence-corrected chi connectivity index (χ4v) is 2.40. The Hall–Kier alpha value is -1.79. The number of benzene rings is 1. The van der Waals surface area contributed by atoms with Gasteiger partial charge in [-0.25, -0.2) is 4.79 Å². The first-order valence-corrected chi connectivity index (χ1v) is 6.57. The molecule has 0 atom stereocenters. The van der Waals surface area contributed by atoms with E-state index in [9.17, 15) is 9.90 Å². The molecule has 110 valence electrons. The number of aromatic carboxylic acids is 1. The van der Waals surface area contributed by atoms with Gasteiger partial charge in [-0.3, -0.25) is 4.90 Å². The number of hydrogen-bond acceptors (Lipinski definition) is 5. The lowest BCUT2D eigenvalue weighted by atomic mass is 10.0. The van der Waals surface area contributed by atoms with Crippen molar-refractivity contribution in [3.8, 4) is 11.5 Å². The van der Waals surface area contributed by atoms with Crippen LogP contribution in [-0.2, 0) is 6.54 Å². The first kappa shape index (κ1) is 14.6. The van der Waals surface area contributed by atoms with Crippen LogP contribution in [0.3, 0.4) is 0 Å². The van der Waals surface area contributed by atoms with E-state index in [4.69, 9.17) is 9.47 Å². The highest BCUT2D eigenvalue weighted by molar-refractivity contribution is 5.93. The summed E-state index contributed by atoms with van der Waals surface area (Å²) < 4.78 is 10.4. The quantitative estimate of drug-likeness (QED) is 0.831. The minimum absolute atomic E-state index is 0.215. The van der Waals surface area contributed by atoms with Crippen molar-refractivity contribution in [1.29, 1.82) is 0 Å². The Balaban J connectivity index is 2.34. The molecule has 0 amide bonds. The zero-order chi connectivity index (χ0) is 14.5. The number of rotatable bonds is 5. The van der Waals surface area contributed by atoms with E-state index in [-0.39, 0.29) is 5.56 Å². The number of methoxy groups -OCH3 is 2. The van der Waals surface area contributed by atoms with Crippen LogP contribution in [0, 0.1) is 0 Å². The first-order chi connectivity index (χ1) is 9.65. The summed E-state index contributed by atoms with van der Waals surface area (Å²) in [5.41, 5.74) is 0.933. The molecule has 1 aliphatic rings. The SMILES string of the molecule is COc1cc(CN2CCNCC2)c(C(=O)O)c(OC)c1. The lowest BCUT2D eigenvalue weighted by molar-refractivity contribution is 0.0690. The molecule has 0 saturated carbocycles. The van der Waals surface area contributed by atoms with Crippen molar-refractivity contribution < 1.29 is 19.4 Å². The van der Waals surface area contributed by atoms with E-state index in [0.29, 0.717) is 18.0 Å². The minimum Gasteiger partial charge on any atom is -0.497 e. The van der Waals surface area contributed by atoms with Crippen LogP contribution >= 0.6 is 0 Å². The summed E-state index contributed by atoms with van der Waals surface area (Å²) in [6.45, 7) is 4.22. The normalized spacial score (nSPS) is 15.9. The highest BCUT2D eigenvalue weighted by Gasteiger charge is 2.21. The zero-order valence-corrected chi connectivity index (χ0v) is 11.8. The lowest BCUT2D eigenvalue weighted by Gasteiger charge is -2.28. The lowest BCUT2D eigenvalue weighted by Crippen LogP contribution is -2.43. The van der Waals surface area contributed by atoms with E-state index in [1.807, 2.05) is 0 Å². The maximum absolute atomic E-state index is 11.5. The van der Waals surface area contributed by atoms with Crippen molar-refractivity contribution in [3.63, 3.8) is 0 Å². The Bertz CT molecular complexity index is 484. The smallest absolute Gasteiger partial charge is 0.339 e. The number of carboxylic acid groups (broad SMARTS) is 1. The van der Waals surface area contributed by atoms with E-state index in [0.717, 1.165) is 31.7 Å². The average molecular weight is 280 g/mol. The molecule has 1 saturated heterocycles. The Morgan fingerprint density at radius 2 is 2.00 bits per heavy atom. The number of ether oxygens (including phenoxy) is 2. The molecule has 0 spiro atoms. The van der Waals surface area contributed by atoms with Crippen LogP contribution in [-0.4, -0.2) is 56.4 Å². The van der Waals surface area contributed by atoms with Gasteiger partial charge in [0.2, 0.25) is 0 Å². The van der Waals surface area contributed by atoms with Crippen LogP contribution in [0.2, 0.25) is 0 Å². The number of hydrogen-bond donors (Lipinski definition) is 2. The van der Waals surface area contributed by atoms with Crippen molar-refractivity contribution in [2.75, 3.05) is 40.4 Å². The van der Waals surface area contributed by atoms with Crippen LogP contribution in [0.25, 0.3) is 0 Å². The van der Waals surface area contributed by atoms with Crippen molar-refractivity contribution in [2.24, 2.45) is 0 Å². The van der Waals surface area contributed by atoms with Crippen molar-refractivity contribution in [3.05, 3.63) is 23.3 Å². The molecule has 6 nitrogen and oxygen atoms in total. The molecule has 0 unspecified atom stereocenters. The molecule has 0 aliphatic carbocycles. The molecular weight excluding hydrogens is 260 g/mol.